The molecular weight excluding hydrogens is 337 g/mol. The van der Waals surface area contributed by atoms with Gasteiger partial charge in [0.25, 0.3) is 0 Å². The third-order valence-electron chi connectivity index (χ3n) is 4.76. The van der Waals surface area contributed by atoms with Gasteiger partial charge in [-0.2, -0.15) is 0 Å². The largest absolute Gasteiger partial charge is 0.340 e. The molecule has 1 amide bonds. The normalized spacial score (nSPS) is 17.6. The Morgan fingerprint density at radius 3 is 2.92 bits per heavy atom. The van der Waals surface area contributed by atoms with E-state index in [1.165, 1.54) is 18.5 Å². The smallest absolute Gasteiger partial charge is 0.328 e. The number of nitrogens with one attached hydrogen (secondary N) is 1. The van der Waals surface area contributed by atoms with Gasteiger partial charge in [-0.05, 0) is 30.5 Å². The highest BCUT2D eigenvalue weighted by molar-refractivity contribution is 5.79. The Labute approximate surface area is 148 Å². The molecule has 1 atom stereocenters. The number of likely N-dealkylation sites (tertiary alicyclic amines) is 1. The van der Waals surface area contributed by atoms with Gasteiger partial charge in [0, 0.05) is 13.1 Å². The number of aromatic nitrogens is 4. The number of fused-ring (bicyclic) bond motifs is 1. The Hall–Kier alpha value is -3.03. The summed E-state index contributed by atoms with van der Waals surface area (Å²) in [5.41, 5.74) is 1.68. The quantitative estimate of drug-likeness (QED) is 0.775. The van der Waals surface area contributed by atoms with Crippen LogP contribution in [0.5, 0.6) is 0 Å². The molecule has 3 aromatic rings. The van der Waals surface area contributed by atoms with Gasteiger partial charge in [-0.3, -0.25) is 9.36 Å². The molecule has 0 aliphatic carbocycles. The summed E-state index contributed by atoms with van der Waals surface area (Å²) in [6.45, 7) is 1.11. The van der Waals surface area contributed by atoms with E-state index >= 15 is 0 Å². The van der Waals surface area contributed by atoms with Gasteiger partial charge in [-0.15, -0.1) is 0 Å². The highest BCUT2D eigenvalue weighted by atomic mass is 19.1. The van der Waals surface area contributed by atoms with Crippen molar-refractivity contribution < 1.29 is 9.18 Å². The van der Waals surface area contributed by atoms with Gasteiger partial charge in [0.05, 0.1) is 18.7 Å². The number of nitrogens with zero attached hydrogens (tertiary/aromatic N) is 4. The lowest BCUT2D eigenvalue weighted by atomic mass is 10.0. The van der Waals surface area contributed by atoms with Crippen molar-refractivity contribution in [3.63, 3.8) is 0 Å². The molecule has 7 nitrogen and oxygen atoms in total. The fraction of sp³-hybridized carbons (Fsp3) is 0.333. The van der Waals surface area contributed by atoms with Crippen molar-refractivity contribution in [1.29, 1.82) is 0 Å². The predicted octanol–water partition coefficient (Wildman–Crippen LogP) is 1.66. The zero-order chi connectivity index (χ0) is 18.1. The molecule has 3 heterocycles. The molecule has 1 saturated heterocycles. The Kier molecular flexibility index (Phi) is 4.24. The van der Waals surface area contributed by atoms with Gasteiger partial charge in [0.15, 0.2) is 5.65 Å². The molecule has 4 rings (SSSR count). The van der Waals surface area contributed by atoms with Crippen molar-refractivity contribution in [3.05, 3.63) is 58.7 Å². The molecule has 1 N–H and O–H groups in total. The number of rotatable bonds is 3. The number of benzene rings is 1. The van der Waals surface area contributed by atoms with E-state index in [2.05, 4.69) is 15.0 Å². The maximum Gasteiger partial charge on any atom is 0.328 e. The number of carbonyl (C=O) groups is 1. The van der Waals surface area contributed by atoms with E-state index in [1.54, 1.807) is 27.8 Å². The molecule has 26 heavy (non-hydrogen) atoms. The van der Waals surface area contributed by atoms with Gasteiger partial charge in [-0.25, -0.2) is 19.2 Å². The van der Waals surface area contributed by atoms with Crippen LogP contribution in [0.4, 0.5) is 4.39 Å². The number of piperidine rings is 1. The standard InChI is InChI=1S/C18H18FN5O2/c19-13-5-3-12(4-6-13)8-16(25)23-7-1-2-14(10-23)24-17-15(22-18(24)26)9-20-11-21-17/h3-6,9,11,14H,1-2,7-8,10H2,(H,22,26)/t14-/m0/s1. The monoisotopic (exact) mass is 355 g/mol. The zero-order valence-electron chi connectivity index (χ0n) is 14.1. The van der Waals surface area contributed by atoms with E-state index in [0.29, 0.717) is 24.3 Å². The van der Waals surface area contributed by atoms with Crippen LogP contribution in [-0.2, 0) is 11.2 Å². The molecule has 8 heteroatoms. The van der Waals surface area contributed by atoms with E-state index < -0.39 is 0 Å². The van der Waals surface area contributed by atoms with Crippen LogP contribution in [0.25, 0.3) is 11.2 Å². The van der Waals surface area contributed by atoms with Crippen LogP contribution < -0.4 is 5.69 Å². The topological polar surface area (TPSA) is 83.9 Å². The third kappa shape index (κ3) is 3.10. The van der Waals surface area contributed by atoms with Crippen molar-refractivity contribution in [2.24, 2.45) is 0 Å². The Balaban J connectivity index is 1.53. The van der Waals surface area contributed by atoms with Crippen molar-refractivity contribution in [3.8, 4) is 0 Å². The first-order valence-corrected chi connectivity index (χ1v) is 8.54. The number of halogens is 1. The second-order valence-electron chi connectivity index (χ2n) is 6.50. The van der Waals surface area contributed by atoms with Crippen molar-refractivity contribution >= 4 is 17.1 Å². The van der Waals surface area contributed by atoms with Gasteiger partial charge < -0.3 is 9.88 Å². The van der Waals surface area contributed by atoms with Crippen LogP contribution >= 0.6 is 0 Å². The lowest BCUT2D eigenvalue weighted by molar-refractivity contribution is -0.132. The summed E-state index contributed by atoms with van der Waals surface area (Å²) >= 11 is 0. The molecule has 0 spiro atoms. The molecule has 0 bridgehead atoms. The second-order valence-corrected chi connectivity index (χ2v) is 6.50. The third-order valence-corrected chi connectivity index (χ3v) is 4.76. The SMILES string of the molecule is O=C(Cc1ccc(F)cc1)N1CCC[C@H](n2c(=O)[nH]c3cncnc32)C1. The lowest BCUT2D eigenvalue weighted by Crippen LogP contribution is -2.43. The summed E-state index contributed by atoms with van der Waals surface area (Å²) in [4.78, 5) is 37.6. The average Bonchev–Trinajstić information content (AvgIpc) is 2.99. The highest BCUT2D eigenvalue weighted by Crippen LogP contribution is 2.23. The molecule has 1 fully saturated rings. The fourth-order valence-corrected chi connectivity index (χ4v) is 3.49. The van der Waals surface area contributed by atoms with E-state index in [9.17, 15) is 14.0 Å². The minimum Gasteiger partial charge on any atom is -0.340 e. The lowest BCUT2D eigenvalue weighted by Gasteiger charge is -2.33. The number of hydrogen-bond acceptors (Lipinski definition) is 4. The Bertz CT molecular complexity index is 995. The minimum atomic E-state index is -0.320. The van der Waals surface area contributed by atoms with E-state index in [4.69, 9.17) is 0 Å². The number of carbonyl (C=O) groups excluding carboxylic acids is 1. The molecule has 0 unspecified atom stereocenters. The summed E-state index contributed by atoms with van der Waals surface area (Å²) in [5.74, 6) is -0.344. The zero-order valence-corrected chi connectivity index (χ0v) is 14.1. The van der Waals surface area contributed by atoms with Crippen molar-refractivity contribution in [2.75, 3.05) is 13.1 Å². The van der Waals surface area contributed by atoms with Crippen LogP contribution in [0.3, 0.4) is 0 Å². The molecule has 1 aliphatic heterocycles. The summed E-state index contributed by atoms with van der Waals surface area (Å²) in [5, 5.41) is 0. The maximum absolute atomic E-state index is 13.0. The minimum absolute atomic E-state index is 0.0242. The van der Waals surface area contributed by atoms with Gasteiger partial charge >= 0.3 is 5.69 Å². The van der Waals surface area contributed by atoms with Crippen LogP contribution in [0.2, 0.25) is 0 Å². The van der Waals surface area contributed by atoms with Crippen LogP contribution in [0.1, 0.15) is 24.4 Å². The first-order chi connectivity index (χ1) is 12.6. The van der Waals surface area contributed by atoms with E-state index in [-0.39, 0.29) is 29.9 Å². The first kappa shape index (κ1) is 16.4. The fourth-order valence-electron chi connectivity index (χ4n) is 3.49. The molecular formula is C18H18FN5O2. The number of amides is 1. The number of imidazole rings is 1. The van der Waals surface area contributed by atoms with Crippen LogP contribution in [0, 0.1) is 5.82 Å². The van der Waals surface area contributed by atoms with E-state index in [1.807, 2.05) is 0 Å². The highest BCUT2D eigenvalue weighted by Gasteiger charge is 2.27. The average molecular weight is 355 g/mol. The van der Waals surface area contributed by atoms with Crippen molar-refractivity contribution in [2.45, 2.75) is 25.3 Å². The number of hydrogen-bond donors (Lipinski definition) is 1. The summed E-state index contributed by atoms with van der Waals surface area (Å²) in [6, 6.07) is 5.82. The van der Waals surface area contributed by atoms with Crippen molar-refractivity contribution in [1.82, 2.24) is 24.4 Å². The van der Waals surface area contributed by atoms with Gasteiger partial charge in [0.1, 0.15) is 17.7 Å². The first-order valence-electron chi connectivity index (χ1n) is 8.54. The molecule has 1 aliphatic rings. The molecule has 2 aromatic heterocycles. The maximum atomic E-state index is 13.0. The van der Waals surface area contributed by atoms with Gasteiger partial charge in [0.2, 0.25) is 5.91 Å². The Morgan fingerprint density at radius 1 is 1.31 bits per heavy atom. The second kappa shape index (κ2) is 6.70. The summed E-state index contributed by atoms with van der Waals surface area (Å²) < 4.78 is 14.6. The van der Waals surface area contributed by atoms with E-state index in [0.717, 1.165) is 18.4 Å². The molecule has 0 saturated carbocycles. The summed E-state index contributed by atoms with van der Waals surface area (Å²) in [7, 11) is 0. The molecule has 1 aromatic carbocycles. The van der Waals surface area contributed by atoms with Crippen LogP contribution in [0.15, 0.2) is 41.6 Å². The number of H-pyrrole nitrogens is 1. The number of aromatic amines is 1. The molecule has 0 radical (unpaired) electrons. The molecule has 134 valence electrons. The predicted molar refractivity (Wildman–Crippen MR) is 93.1 cm³/mol. The Morgan fingerprint density at radius 2 is 2.12 bits per heavy atom. The summed E-state index contributed by atoms with van der Waals surface area (Å²) in [6.07, 6.45) is 4.81. The van der Waals surface area contributed by atoms with Crippen LogP contribution in [-0.4, -0.2) is 43.4 Å². The van der Waals surface area contributed by atoms with Gasteiger partial charge in [-0.1, -0.05) is 12.1 Å².